The van der Waals surface area contributed by atoms with Crippen LogP contribution >= 0.6 is 0 Å². The number of hydrogen-bond donors (Lipinski definition) is 5. The van der Waals surface area contributed by atoms with Gasteiger partial charge >= 0.3 is 12.2 Å². The van der Waals surface area contributed by atoms with Gasteiger partial charge in [0.15, 0.2) is 0 Å². The van der Waals surface area contributed by atoms with Crippen LogP contribution in [-0.4, -0.2) is 135 Å². The van der Waals surface area contributed by atoms with Gasteiger partial charge in [0.05, 0.1) is 28.7 Å². The number of piperidine rings is 1. The number of nitrogens with zero attached hydrogens (tertiary/aromatic N) is 8. The van der Waals surface area contributed by atoms with Gasteiger partial charge in [0, 0.05) is 80.8 Å². The summed E-state index contributed by atoms with van der Waals surface area (Å²) in [6.45, 7) is 6.75. The zero-order chi connectivity index (χ0) is 52.2. The Morgan fingerprint density at radius 1 is 0.919 bits per heavy atom. The van der Waals surface area contributed by atoms with E-state index in [1.165, 1.54) is 18.4 Å². The van der Waals surface area contributed by atoms with Crippen LogP contribution in [0.1, 0.15) is 97.7 Å². The number of halogens is 3. The van der Waals surface area contributed by atoms with Crippen molar-refractivity contribution < 1.29 is 37.1 Å². The average molecular weight is 1020 g/mol. The van der Waals surface area contributed by atoms with Crippen molar-refractivity contribution in [3.05, 3.63) is 95.5 Å². The number of likely N-dealkylation sites (tertiary alicyclic amines) is 2. The lowest BCUT2D eigenvalue weighted by Crippen LogP contribution is -2.65. The number of allylic oxidation sites excluding steroid dienone is 1. The molecule has 0 saturated carbocycles. The van der Waals surface area contributed by atoms with Crippen molar-refractivity contribution in [2.24, 2.45) is 5.92 Å². The highest BCUT2D eigenvalue weighted by molar-refractivity contribution is 6.05. The maximum absolute atomic E-state index is 13.0. The molecule has 392 valence electrons. The van der Waals surface area contributed by atoms with E-state index >= 15 is 0 Å². The fraction of sp³-hybridized carbons (Fsp3) is 0.453. The minimum absolute atomic E-state index is 0.00526. The number of H-pyrrole nitrogens is 1. The van der Waals surface area contributed by atoms with Gasteiger partial charge in [-0.2, -0.15) is 18.3 Å². The van der Waals surface area contributed by atoms with Gasteiger partial charge in [-0.25, -0.2) is 19.7 Å². The molecule has 4 aliphatic heterocycles. The lowest BCUT2D eigenvalue weighted by Gasteiger charge is -2.46. The van der Waals surface area contributed by atoms with Crippen molar-refractivity contribution in [3.8, 4) is 11.3 Å². The van der Waals surface area contributed by atoms with Crippen LogP contribution in [0.2, 0.25) is 0 Å². The number of anilines is 3. The normalized spacial score (nSPS) is 18.0. The third-order valence-electron chi connectivity index (χ3n) is 14.2. The van der Waals surface area contributed by atoms with Crippen molar-refractivity contribution in [1.82, 2.24) is 50.5 Å². The number of hydrogen-bond acceptors (Lipinski definition) is 13. The van der Waals surface area contributed by atoms with Crippen LogP contribution in [0.3, 0.4) is 0 Å². The molecule has 18 nitrogen and oxygen atoms in total. The highest BCUT2D eigenvalue weighted by atomic mass is 19.4. The molecule has 0 aliphatic carbocycles. The molecule has 1 aromatic carbocycles. The van der Waals surface area contributed by atoms with Gasteiger partial charge in [-0.05, 0) is 120 Å². The Kier molecular flexibility index (Phi) is 17.7. The average Bonchev–Trinajstić information content (AvgIpc) is 4.03. The Morgan fingerprint density at radius 3 is 2.42 bits per heavy atom. The van der Waals surface area contributed by atoms with Crippen LogP contribution in [-0.2, 0) is 27.1 Å². The number of aromatic amines is 1. The maximum atomic E-state index is 13.0. The number of amides is 5. The topological polar surface area (TPSA) is 228 Å². The van der Waals surface area contributed by atoms with Crippen LogP contribution in [0, 0.1) is 5.92 Å². The standard InChI is InChI=1S/C32H35F3N8O2.C21H29N5O3/c1-43-17-7-9-24(43)31(45)38-15-6-4-2-3-5-8-22-19-39-29(36)26-27(41-42-28(22)26)20-10-12-21(13-11-20)30(44)40-25-18-23(14-16-37-25)32(33,34)35;27-11-1-2-16-5-8-24(9-6-16)13-17-3-4-19(22-12-17)25-14-18(15-25)26-10-7-20(28)23-21(26)29/h5,8,10-14,16,18-19,24H,2-4,6-7,9,15,17H2,1H3,(H2,36,39)(H,38,45)(H,41,42)(H,37,40,44);3-4,11-12,16,18H,1-2,5-10,13-15H2,(H,23,28,29)/b8-5+;. The third-order valence-corrected chi connectivity index (χ3v) is 14.2. The lowest BCUT2D eigenvalue weighted by atomic mass is 9.92. The summed E-state index contributed by atoms with van der Waals surface area (Å²) in [5.74, 6) is 1.06. The summed E-state index contributed by atoms with van der Waals surface area (Å²) in [5.41, 5.74) is 9.57. The maximum Gasteiger partial charge on any atom is 0.416 e. The number of benzene rings is 1. The number of carbonyl (C=O) groups excluding carboxylic acids is 5. The quantitative estimate of drug-likeness (QED) is 0.0438. The minimum Gasteiger partial charge on any atom is -0.383 e. The summed E-state index contributed by atoms with van der Waals surface area (Å²) in [6, 6.07) is 12.2. The number of urea groups is 1. The molecule has 21 heteroatoms. The number of nitrogens with one attached hydrogen (secondary N) is 4. The van der Waals surface area contributed by atoms with Gasteiger partial charge in [0.1, 0.15) is 29.3 Å². The van der Waals surface area contributed by atoms with E-state index < -0.39 is 17.6 Å². The van der Waals surface area contributed by atoms with Crippen LogP contribution in [0.15, 0.2) is 73.2 Å². The predicted octanol–water partition coefficient (Wildman–Crippen LogP) is 7.06. The van der Waals surface area contributed by atoms with Crippen LogP contribution in [0.4, 0.5) is 35.4 Å². The molecule has 8 heterocycles. The summed E-state index contributed by atoms with van der Waals surface area (Å²) in [7, 11) is 1.99. The zero-order valence-electron chi connectivity index (χ0n) is 41.6. The van der Waals surface area contributed by atoms with Crippen LogP contribution in [0.25, 0.3) is 28.2 Å². The fourth-order valence-corrected chi connectivity index (χ4v) is 9.85. The molecular weight excluding hydrogens is 956 g/mol. The molecule has 4 aromatic heterocycles. The highest BCUT2D eigenvalue weighted by Crippen LogP contribution is 2.33. The van der Waals surface area contributed by atoms with E-state index in [2.05, 4.69) is 74.0 Å². The number of carbonyl (C=O) groups is 5. The highest BCUT2D eigenvalue weighted by Gasteiger charge is 2.38. The molecule has 0 bridgehead atoms. The van der Waals surface area contributed by atoms with E-state index in [4.69, 9.17) is 5.73 Å². The van der Waals surface area contributed by atoms with Crippen molar-refractivity contribution in [2.75, 3.05) is 68.8 Å². The first-order valence-corrected chi connectivity index (χ1v) is 25.4. The van der Waals surface area contributed by atoms with Crippen molar-refractivity contribution >= 4 is 64.5 Å². The lowest BCUT2D eigenvalue weighted by molar-refractivity contribution is -0.137. The summed E-state index contributed by atoms with van der Waals surface area (Å²) in [4.78, 5) is 79.9. The molecule has 1 unspecified atom stereocenters. The van der Waals surface area contributed by atoms with Gasteiger partial charge in [0.2, 0.25) is 11.8 Å². The van der Waals surface area contributed by atoms with E-state index in [9.17, 15) is 37.1 Å². The molecule has 5 aromatic rings. The molecule has 0 radical (unpaired) electrons. The molecule has 4 aliphatic rings. The summed E-state index contributed by atoms with van der Waals surface area (Å²) < 4.78 is 39.0. The Bertz CT molecular complexity index is 2770. The summed E-state index contributed by atoms with van der Waals surface area (Å²) in [5, 5.41) is 16.0. The monoisotopic (exact) mass is 1020 g/mol. The van der Waals surface area contributed by atoms with Crippen LogP contribution in [0.5, 0.6) is 0 Å². The Morgan fingerprint density at radius 2 is 1.72 bits per heavy atom. The first kappa shape index (κ1) is 53.0. The predicted molar refractivity (Wildman–Crippen MR) is 275 cm³/mol. The number of nitrogens with two attached hydrogens (primary N) is 1. The largest absolute Gasteiger partial charge is 0.416 e. The number of likely N-dealkylation sites (N-methyl/N-ethyl adjacent to an activating group) is 1. The van der Waals surface area contributed by atoms with Crippen molar-refractivity contribution in [2.45, 2.75) is 95.4 Å². The molecule has 4 saturated heterocycles. The van der Waals surface area contributed by atoms with Crippen molar-refractivity contribution in [1.29, 1.82) is 0 Å². The first-order valence-electron chi connectivity index (χ1n) is 25.4. The van der Waals surface area contributed by atoms with E-state index in [0.717, 1.165) is 120 Å². The second-order valence-electron chi connectivity index (χ2n) is 19.4. The number of imide groups is 1. The number of nitrogen functional groups attached to an aromatic ring is 1. The number of alkyl halides is 3. The first-order chi connectivity index (χ1) is 35.7. The number of aromatic nitrogens is 5. The molecular formula is C53H64F3N13O5. The SMILES string of the molecule is CN1CCCC1C(=O)NCCCCC/C=C/c1cnc(N)c2c(-c3ccc(C(=O)Nc4cc(C(F)(F)F)ccn4)cc3)[nH]nc12.O=CCCC1CCN(Cc2ccc(N3CC(N4CCC(=O)NC4=O)C3)nc2)CC1. The van der Waals surface area contributed by atoms with E-state index in [-0.39, 0.29) is 41.3 Å². The Labute approximate surface area is 427 Å². The smallest absolute Gasteiger partial charge is 0.383 e. The second kappa shape index (κ2) is 24.6. The molecule has 5 amide bonds. The van der Waals surface area contributed by atoms with Crippen molar-refractivity contribution in [3.63, 3.8) is 0 Å². The Balaban J connectivity index is 0.000000216. The van der Waals surface area contributed by atoms with E-state index in [1.807, 2.05) is 19.3 Å². The molecule has 9 rings (SSSR count). The van der Waals surface area contributed by atoms with E-state index in [1.54, 1.807) is 35.4 Å². The number of pyridine rings is 3. The van der Waals surface area contributed by atoms with Crippen LogP contribution < -0.4 is 26.6 Å². The number of rotatable bonds is 18. The molecule has 4 fully saturated rings. The van der Waals surface area contributed by atoms with E-state index in [0.29, 0.717) is 59.8 Å². The second-order valence-corrected chi connectivity index (χ2v) is 19.4. The molecule has 74 heavy (non-hydrogen) atoms. The third kappa shape index (κ3) is 13.7. The molecule has 6 N–H and O–H groups in total. The number of unbranched alkanes of at least 4 members (excludes halogenated alkanes) is 3. The summed E-state index contributed by atoms with van der Waals surface area (Å²) in [6.07, 6.45) is 15.3. The van der Waals surface area contributed by atoms with Gasteiger partial charge in [-0.1, -0.05) is 36.8 Å². The molecule has 0 spiro atoms. The van der Waals surface area contributed by atoms with Gasteiger partial charge in [0.25, 0.3) is 5.91 Å². The van der Waals surface area contributed by atoms with Gasteiger partial charge in [-0.15, -0.1) is 0 Å². The zero-order valence-corrected chi connectivity index (χ0v) is 41.6. The fourth-order valence-electron chi connectivity index (χ4n) is 9.85. The molecule has 1 atom stereocenters. The Hall–Kier alpha value is -7.26. The number of aldehydes is 1. The minimum atomic E-state index is -4.55. The van der Waals surface area contributed by atoms with Gasteiger partial charge < -0.3 is 31.0 Å². The number of fused-ring (bicyclic) bond motifs is 1. The van der Waals surface area contributed by atoms with Gasteiger partial charge in [-0.3, -0.25) is 34.6 Å². The summed E-state index contributed by atoms with van der Waals surface area (Å²) >= 11 is 0.